The van der Waals surface area contributed by atoms with E-state index in [1.165, 1.54) is 32.4 Å². The second kappa shape index (κ2) is 12.2. The van der Waals surface area contributed by atoms with Gasteiger partial charge in [-0.3, -0.25) is 14.6 Å². The highest BCUT2D eigenvalue weighted by molar-refractivity contribution is 6.07. The number of ketones is 1. The fourth-order valence-electron chi connectivity index (χ4n) is 6.37. The van der Waals surface area contributed by atoms with Crippen LogP contribution >= 0.6 is 0 Å². The van der Waals surface area contributed by atoms with Crippen molar-refractivity contribution in [1.82, 2.24) is 19.4 Å². The quantitative estimate of drug-likeness (QED) is 0.284. The minimum absolute atomic E-state index is 0.128. The first kappa shape index (κ1) is 26.5. The predicted octanol–water partition coefficient (Wildman–Crippen LogP) is 5.86. The number of benzene rings is 2. The van der Waals surface area contributed by atoms with Gasteiger partial charge in [0, 0.05) is 61.6 Å². The van der Waals surface area contributed by atoms with Gasteiger partial charge in [0.2, 0.25) is 0 Å². The summed E-state index contributed by atoms with van der Waals surface area (Å²) in [5.41, 5.74) is 4.87. The van der Waals surface area contributed by atoms with E-state index < -0.39 is 0 Å². The Hall–Kier alpha value is -3.77. The number of para-hydroxylation sites is 1. The summed E-state index contributed by atoms with van der Waals surface area (Å²) in [6.45, 7) is 4.07. The van der Waals surface area contributed by atoms with Crippen LogP contribution in [0.15, 0.2) is 79.3 Å². The Morgan fingerprint density at radius 3 is 2.35 bits per heavy atom. The van der Waals surface area contributed by atoms with Gasteiger partial charge in [-0.05, 0) is 80.6 Å². The summed E-state index contributed by atoms with van der Waals surface area (Å²) in [6, 6.07) is 20.8. The van der Waals surface area contributed by atoms with Crippen molar-refractivity contribution in [2.45, 2.75) is 57.4 Å². The third-order valence-electron chi connectivity index (χ3n) is 8.63. The summed E-state index contributed by atoms with van der Waals surface area (Å²) in [4.78, 5) is 35.1. The highest BCUT2D eigenvalue weighted by atomic mass is 16.2. The number of hydrogen-bond acceptors (Lipinski definition) is 4. The van der Waals surface area contributed by atoms with Crippen molar-refractivity contribution in [3.8, 4) is 5.69 Å². The van der Waals surface area contributed by atoms with Gasteiger partial charge in [0.05, 0.1) is 11.1 Å². The Bertz CT molecular complexity index is 1450. The smallest absolute Gasteiger partial charge is 0.256 e. The monoisotopic (exact) mass is 534 g/mol. The molecule has 2 saturated heterocycles. The zero-order chi connectivity index (χ0) is 27.3. The van der Waals surface area contributed by atoms with E-state index in [9.17, 15) is 9.59 Å². The van der Waals surface area contributed by atoms with Crippen LogP contribution < -0.4 is 0 Å². The minimum atomic E-state index is 0.128. The molecule has 0 N–H and O–H groups in total. The van der Waals surface area contributed by atoms with E-state index in [4.69, 9.17) is 0 Å². The van der Waals surface area contributed by atoms with Crippen molar-refractivity contribution in [2.24, 2.45) is 0 Å². The fourth-order valence-corrected chi connectivity index (χ4v) is 6.37. The molecule has 1 amide bonds. The number of fused-ring (bicyclic) bond motifs is 1. The zero-order valence-corrected chi connectivity index (χ0v) is 23.2. The number of rotatable bonds is 8. The Morgan fingerprint density at radius 2 is 1.60 bits per heavy atom. The van der Waals surface area contributed by atoms with Gasteiger partial charge in [-0.25, -0.2) is 0 Å². The third-order valence-corrected chi connectivity index (χ3v) is 8.63. The van der Waals surface area contributed by atoms with Gasteiger partial charge in [-0.15, -0.1) is 0 Å². The topological polar surface area (TPSA) is 58.4 Å². The zero-order valence-electron chi connectivity index (χ0n) is 23.2. The number of Topliss-reactive ketones (excluding diaryl/α,β-unsaturated/α-hetero) is 1. The van der Waals surface area contributed by atoms with Crippen LogP contribution in [-0.2, 0) is 17.6 Å². The van der Waals surface area contributed by atoms with E-state index in [2.05, 4.69) is 38.7 Å². The van der Waals surface area contributed by atoms with E-state index in [0.717, 1.165) is 59.2 Å². The minimum Gasteiger partial charge on any atom is -0.338 e. The number of carbonyl (C=O) groups is 2. The lowest BCUT2D eigenvalue weighted by Gasteiger charge is -2.40. The Morgan fingerprint density at radius 1 is 0.825 bits per heavy atom. The van der Waals surface area contributed by atoms with E-state index in [1.54, 1.807) is 6.20 Å². The molecule has 2 fully saturated rings. The third kappa shape index (κ3) is 5.87. The number of aromatic nitrogens is 2. The van der Waals surface area contributed by atoms with Crippen LogP contribution in [0.5, 0.6) is 0 Å². The van der Waals surface area contributed by atoms with Gasteiger partial charge in [0.15, 0.2) is 0 Å². The van der Waals surface area contributed by atoms with Gasteiger partial charge < -0.3 is 14.4 Å². The standard InChI is InChI=1S/C34H38N4O2/c39-30(15-12-27-7-6-18-35-24-27)23-26-10-13-29(14-11-26)38-25-32(31-8-2-3-9-33(31)38)34(40)37-21-16-28(17-22-37)36-19-4-1-5-20-36/h2-3,6-11,13-14,18,24-25,28H,1,4-5,12,15-17,19-23H2. The maximum atomic E-state index is 13.7. The maximum Gasteiger partial charge on any atom is 0.256 e. The Labute approximate surface area is 236 Å². The molecule has 0 unspecified atom stereocenters. The number of likely N-dealkylation sites (tertiary alicyclic amines) is 2. The van der Waals surface area contributed by atoms with Crippen LogP contribution in [0.25, 0.3) is 16.6 Å². The van der Waals surface area contributed by atoms with Crippen molar-refractivity contribution < 1.29 is 9.59 Å². The SMILES string of the molecule is O=C(CCc1cccnc1)Cc1ccc(-n2cc(C(=O)N3CCC(N4CCCCC4)CC3)c3ccccc32)cc1. The lowest BCUT2D eigenvalue weighted by Crippen LogP contribution is -2.48. The predicted molar refractivity (Wildman–Crippen MR) is 159 cm³/mol. The second-order valence-corrected chi connectivity index (χ2v) is 11.3. The molecular weight excluding hydrogens is 496 g/mol. The summed E-state index contributed by atoms with van der Waals surface area (Å²) in [6.07, 6.45) is 13.3. The highest BCUT2D eigenvalue weighted by Crippen LogP contribution is 2.28. The van der Waals surface area contributed by atoms with Gasteiger partial charge in [0.1, 0.15) is 5.78 Å². The molecule has 2 aromatic heterocycles. The van der Waals surface area contributed by atoms with E-state index in [1.807, 2.05) is 53.7 Å². The molecule has 0 saturated carbocycles. The summed E-state index contributed by atoms with van der Waals surface area (Å²) in [5, 5.41) is 0.986. The number of hydrogen-bond donors (Lipinski definition) is 0. The van der Waals surface area contributed by atoms with Crippen LogP contribution in [0.3, 0.4) is 0 Å². The maximum absolute atomic E-state index is 13.7. The summed E-state index contributed by atoms with van der Waals surface area (Å²) >= 11 is 0. The van der Waals surface area contributed by atoms with Gasteiger partial charge in [-0.1, -0.05) is 42.8 Å². The normalized spacial score (nSPS) is 16.9. The molecule has 2 aliphatic rings. The van der Waals surface area contributed by atoms with Gasteiger partial charge >= 0.3 is 0 Å². The molecular formula is C34H38N4O2. The largest absolute Gasteiger partial charge is 0.338 e. The van der Waals surface area contributed by atoms with Crippen molar-refractivity contribution in [2.75, 3.05) is 26.2 Å². The van der Waals surface area contributed by atoms with Crippen LogP contribution in [0.1, 0.15) is 60.0 Å². The lowest BCUT2D eigenvalue weighted by molar-refractivity contribution is -0.118. The number of aryl methyl sites for hydroxylation is 1. The molecule has 6 nitrogen and oxygen atoms in total. The molecule has 4 aromatic rings. The molecule has 2 aromatic carbocycles. The average molecular weight is 535 g/mol. The first-order valence-electron chi connectivity index (χ1n) is 14.8. The number of amides is 1. The molecule has 40 heavy (non-hydrogen) atoms. The van der Waals surface area contributed by atoms with E-state index in [0.29, 0.717) is 25.3 Å². The average Bonchev–Trinajstić information content (AvgIpc) is 3.41. The lowest BCUT2D eigenvalue weighted by atomic mass is 9.99. The Balaban J connectivity index is 1.13. The number of nitrogens with zero attached hydrogens (tertiary/aromatic N) is 4. The number of piperidine rings is 2. The van der Waals surface area contributed by atoms with Crippen LogP contribution in [-0.4, -0.2) is 63.3 Å². The van der Waals surface area contributed by atoms with E-state index >= 15 is 0 Å². The molecule has 0 spiro atoms. The molecule has 206 valence electrons. The molecule has 2 aliphatic heterocycles. The second-order valence-electron chi connectivity index (χ2n) is 11.3. The summed E-state index contributed by atoms with van der Waals surface area (Å²) < 4.78 is 2.11. The highest BCUT2D eigenvalue weighted by Gasteiger charge is 2.29. The molecule has 0 atom stereocenters. The molecule has 0 radical (unpaired) electrons. The molecule has 0 aliphatic carbocycles. The van der Waals surface area contributed by atoms with Crippen molar-refractivity contribution >= 4 is 22.6 Å². The van der Waals surface area contributed by atoms with Crippen LogP contribution in [0.2, 0.25) is 0 Å². The van der Waals surface area contributed by atoms with Gasteiger partial charge in [-0.2, -0.15) is 0 Å². The summed E-state index contributed by atoms with van der Waals surface area (Å²) in [5.74, 6) is 0.350. The number of pyridine rings is 1. The summed E-state index contributed by atoms with van der Waals surface area (Å²) in [7, 11) is 0. The van der Waals surface area contributed by atoms with Crippen LogP contribution in [0.4, 0.5) is 0 Å². The molecule has 0 bridgehead atoms. The van der Waals surface area contributed by atoms with Crippen molar-refractivity contribution in [3.63, 3.8) is 0 Å². The van der Waals surface area contributed by atoms with Gasteiger partial charge in [0.25, 0.3) is 5.91 Å². The van der Waals surface area contributed by atoms with Crippen LogP contribution in [0, 0.1) is 0 Å². The van der Waals surface area contributed by atoms with E-state index in [-0.39, 0.29) is 11.7 Å². The molecule has 6 rings (SSSR count). The first-order chi connectivity index (χ1) is 19.7. The van der Waals surface area contributed by atoms with Crippen molar-refractivity contribution in [1.29, 1.82) is 0 Å². The first-order valence-corrected chi connectivity index (χ1v) is 14.8. The molecule has 6 heteroatoms. The fraction of sp³-hybridized carbons (Fsp3) is 0.382. The number of carbonyl (C=O) groups excluding carboxylic acids is 2. The Kier molecular flexibility index (Phi) is 8.05. The van der Waals surface area contributed by atoms with Crippen molar-refractivity contribution in [3.05, 3.63) is 95.9 Å². The molecule has 4 heterocycles.